The monoisotopic (exact) mass is 387 g/mol. The highest BCUT2D eigenvalue weighted by atomic mass is 16.1. The molecule has 1 aliphatic carbocycles. The summed E-state index contributed by atoms with van der Waals surface area (Å²) in [5, 5.41) is 6.25. The number of fused-ring (bicyclic) bond motifs is 1. The van der Waals surface area contributed by atoms with E-state index in [9.17, 15) is 4.79 Å². The number of rotatable bonds is 5. The molecule has 29 heavy (non-hydrogen) atoms. The molecule has 1 atom stereocenters. The van der Waals surface area contributed by atoms with Crippen LogP contribution < -0.4 is 16.4 Å². The van der Waals surface area contributed by atoms with Crippen molar-refractivity contribution in [2.45, 2.75) is 31.8 Å². The Labute approximate surface area is 170 Å². The van der Waals surface area contributed by atoms with E-state index in [0.29, 0.717) is 11.7 Å². The number of carbonyl (C=O) groups excluding carboxylic acids is 1. The molecule has 1 aliphatic rings. The van der Waals surface area contributed by atoms with Gasteiger partial charge in [0.2, 0.25) is 0 Å². The van der Waals surface area contributed by atoms with Crippen LogP contribution in [-0.2, 0) is 13.0 Å². The Morgan fingerprint density at radius 3 is 2.93 bits per heavy atom. The Morgan fingerprint density at radius 2 is 2.07 bits per heavy atom. The minimum Gasteiger partial charge on any atom is -0.382 e. The van der Waals surface area contributed by atoms with Gasteiger partial charge in [0.15, 0.2) is 11.5 Å². The smallest absolute Gasteiger partial charge is 0.273 e. The SMILES string of the molecule is CNC(=O)c1nc(-c2cccc(CN[C@H]3CCCc4ccccc43)c2)cnc1N. The Morgan fingerprint density at radius 1 is 1.21 bits per heavy atom. The van der Waals surface area contributed by atoms with Crippen LogP contribution in [0.3, 0.4) is 0 Å². The molecule has 0 bridgehead atoms. The first-order valence-corrected chi connectivity index (χ1v) is 9.91. The summed E-state index contributed by atoms with van der Waals surface area (Å²) < 4.78 is 0. The van der Waals surface area contributed by atoms with Gasteiger partial charge in [-0.2, -0.15) is 0 Å². The van der Waals surface area contributed by atoms with E-state index in [2.05, 4.69) is 57.0 Å². The molecule has 0 unspecified atom stereocenters. The van der Waals surface area contributed by atoms with E-state index in [1.807, 2.05) is 12.1 Å². The Hall–Kier alpha value is -3.25. The van der Waals surface area contributed by atoms with Crippen LogP contribution in [0.2, 0.25) is 0 Å². The maximum Gasteiger partial charge on any atom is 0.273 e. The predicted octanol–water partition coefficient (Wildman–Crippen LogP) is 3.25. The third kappa shape index (κ3) is 4.12. The molecular formula is C23H25N5O. The standard InChI is InChI=1S/C23H25N5O/c1-25-23(29)21-22(24)27-14-20(28-21)17-9-4-6-15(12-17)13-26-19-11-5-8-16-7-2-3-10-18(16)19/h2-4,6-7,9-10,12,14,19,26H,5,8,11,13H2,1H3,(H2,24,27)(H,25,29)/t19-/m0/s1. The van der Waals surface area contributed by atoms with E-state index in [0.717, 1.165) is 30.5 Å². The zero-order valence-corrected chi connectivity index (χ0v) is 16.5. The molecule has 1 amide bonds. The number of nitrogens with two attached hydrogens (primary N) is 1. The highest BCUT2D eigenvalue weighted by molar-refractivity contribution is 5.96. The number of aryl methyl sites for hydroxylation is 1. The molecule has 0 fully saturated rings. The van der Waals surface area contributed by atoms with E-state index in [4.69, 9.17) is 5.73 Å². The molecule has 0 aliphatic heterocycles. The number of carbonyl (C=O) groups is 1. The van der Waals surface area contributed by atoms with Crippen molar-refractivity contribution in [2.75, 3.05) is 12.8 Å². The van der Waals surface area contributed by atoms with Crippen LogP contribution in [0.5, 0.6) is 0 Å². The third-order valence-corrected chi connectivity index (χ3v) is 5.39. The second kappa shape index (κ2) is 8.41. The fourth-order valence-corrected chi connectivity index (χ4v) is 3.87. The summed E-state index contributed by atoms with van der Waals surface area (Å²) in [4.78, 5) is 20.5. The van der Waals surface area contributed by atoms with Gasteiger partial charge in [0.25, 0.3) is 5.91 Å². The molecule has 6 nitrogen and oxygen atoms in total. The second-order valence-electron chi connectivity index (χ2n) is 7.29. The largest absolute Gasteiger partial charge is 0.382 e. The maximum atomic E-state index is 12.0. The van der Waals surface area contributed by atoms with Crippen LogP contribution in [0.4, 0.5) is 5.82 Å². The average molecular weight is 387 g/mol. The highest BCUT2D eigenvalue weighted by Crippen LogP contribution is 2.30. The first-order valence-electron chi connectivity index (χ1n) is 9.91. The average Bonchev–Trinajstić information content (AvgIpc) is 2.77. The predicted molar refractivity (Wildman–Crippen MR) is 114 cm³/mol. The van der Waals surface area contributed by atoms with Crippen molar-refractivity contribution in [3.05, 3.63) is 77.1 Å². The molecule has 1 aromatic heterocycles. The number of nitrogens with one attached hydrogen (secondary N) is 2. The van der Waals surface area contributed by atoms with E-state index in [1.165, 1.54) is 17.5 Å². The molecule has 4 rings (SSSR count). The Kier molecular flexibility index (Phi) is 5.53. The van der Waals surface area contributed by atoms with Crippen LogP contribution in [0.25, 0.3) is 11.3 Å². The molecule has 6 heteroatoms. The van der Waals surface area contributed by atoms with Crippen molar-refractivity contribution >= 4 is 11.7 Å². The number of hydrogen-bond acceptors (Lipinski definition) is 5. The molecule has 0 saturated carbocycles. The van der Waals surface area contributed by atoms with Crippen LogP contribution in [0, 0.1) is 0 Å². The van der Waals surface area contributed by atoms with Gasteiger partial charge < -0.3 is 16.4 Å². The van der Waals surface area contributed by atoms with Gasteiger partial charge in [-0.05, 0) is 42.0 Å². The van der Waals surface area contributed by atoms with Gasteiger partial charge in [-0.3, -0.25) is 4.79 Å². The first-order chi connectivity index (χ1) is 14.2. The molecule has 0 saturated heterocycles. The van der Waals surface area contributed by atoms with Crippen LogP contribution >= 0.6 is 0 Å². The normalized spacial score (nSPS) is 15.6. The Bertz CT molecular complexity index is 1030. The van der Waals surface area contributed by atoms with E-state index >= 15 is 0 Å². The maximum absolute atomic E-state index is 12.0. The van der Waals surface area contributed by atoms with Crippen LogP contribution in [0.1, 0.15) is 46.1 Å². The van der Waals surface area contributed by atoms with E-state index in [-0.39, 0.29) is 17.4 Å². The fraction of sp³-hybridized carbons (Fsp3) is 0.261. The molecule has 0 spiro atoms. The van der Waals surface area contributed by atoms with Gasteiger partial charge in [-0.15, -0.1) is 0 Å². The van der Waals surface area contributed by atoms with Gasteiger partial charge in [0.05, 0.1) is 11.9 Å². The number of anilines is 1. The lowest BCUT2D eigenvalue weighted by molar-refractivity contribution is 0.0959. The lowest BCUT2D eigenvalue weighted by Gasteiger charge is -2.26. The van der Waals surface area contributed by atoms with Gasteiger partial charge in [-0.1, -0.05) is 42.5 Å². The van der Waals surface area contributed by atoms with Gasteiger partial charge in [-0.25, -0.2) is 9.97 Å². The topological polar surface area (TPSA) is 92.9 Å². The number of benzene rings is 2. The Balaban J connectivity index is 1.52. The summed E-state index contributed by atoms with van der Waals surface area (Å²) in [5.41, 5.74) is 11.5. The summed E-state index contributed by atoms with van der Waals surface area (Å²) in [6, 6.07) is 17.2. The van der Waals surface area contributed by atoms with Crippen molar-refractivity contribution < 1.29 is 4.79 Å². The third-order valence-electron chi connectivity index (χ3n) is 5.39. The van der Waals surface area contributed by atoms with Gasteiger partial charge >= 0.3 is 0 Å². The van der Waals surface area contributed by atoms with Crippen molar-refractivity contribution in [1.82, 2.24) is 20.6 Å². The second-order valence-corrected chi connectivity index (χ2v) is 7.29. The number of nitrogens with zero attached hydrogens (tertiary/aromatic N) is 2. The molecule has 148 valence electrons. The van der Waals surface area contributed by atoms with E-state index in [1.54, 1.807) is 13.2 Å². The molecule has 1 heterocycles. The molecule has 4 N–H and O–H groups in total. The summed E-state index contributed by atoms with van der Waals surface area (Å²) in [6.45, 7) is 0.761. The number of hydrogen-bond donors (Lipinski definition) is 3. The van der Waals surface area contributed by atoms with Crippen LogP contribution in [-0.4, -0.2) is 22.9 Å². The van der Waals surface area contributed by atoms with Crippen molar-refractivity contribution in [2.24, 2.45) is 0 Å². The van der Waals surface area contributed by atoms with Crippen LogP contribution in [0.15, 0.2) is 54.7 Å². The van der Waals surface area contributed by atoms with Crippen molar-refractivity contribution in [3.63, 3.8) is 0 Å². The number of aromatic nitrogens is 2. The van der Waals surface area contributed by atoms with Gasteiger partial charge in [0.1, 0.15) is 0 Å². The molecule has 2 aromatic carbocycles. The molecule has 3 aromatic rings. The summed E-state index contributed by atoms with van der Waals surface area (Å²) in [6.07, 6.45) is 5.12. The highest BCUT2D eigenvalue weighted by Gasteiger charge is 2.19. The molecule has 0 radical (unpaired) electrons. The molecular weight excluding hydrogens is 362 g/mol. The zero-order chi connectivity index (χ0) is 20.2. The minimum absolute atomic E-state index is 0.127. The number of amides is 1. The summed E-state index contributed by atoms with van der Waals surface area (Å²) in [5.74, 6) is -0.215. The first kappa shape index (κ1) is 19.1. The zero-order valence-electron chi connectivity index (χ0n) is 16.5. The minimum atomic E-state index is -0.342. The quantitative estimate of drug-likeness (QED) is 0.625. The lowest BCUT2D eigenvalue weighted by Crippen LogP contribution is -2.24. The summed E-state index contributed by atoms with van der Waals surface area (Å²) in [7, 11) is 1.55. The van der Waals surface area contributed by atoms with E-state index < -0.39 is 0 Å². The summed E-state index contributed by atoms with van der Waals surface area (Å²) >= 11 is 0. The van der Waals surface area contributed by atoms with Crippen molar-refractivity contribution in [3.8, 4) is 11.3 Å². The lowest BCUT2D eigenvalue weighted by atomic mass is 9.87. The van der Waals surface area contributed by atoms with Gasteiger partial charge in [0, 0.05) is 25.2 Å². The number of nitrogen functional groups attached to an aromatic ring is 1. The van der Waals surface area contributed by atoms with Crippen molar-refractivity contribution in [1.29, 1.82) is 0 Å². The fourth-order valence-electron chi connectivity index (χ4n) is 3.87.